The van der Waals surface area contributed by atoms with E-state index in [2.05, 4.69) is 4.98 Å². The van der Waals surface area contributed by atoms with Crippen molar-refractivity contribution in [3.05, 3.63) is 98.4 Å². The number of aromatic nitrogens is 2. The van der Waals surface area contributed by atoms with Crippen LogP contribution in [0.2, 0.25) is 0 Å². The van der Waals surface area contributed by atoms with E-state index < -0.39 is 11.9 Å². The number of carbonyl (C=O) groups excluding carboxylic acids is 2. The maximum atomic E-state index is 13.2. The van der Waals surface area contributed by atoms with Gasteiger partial charge in [0.1, 0.15) is 16.3 Å². The highest BCUT2D eigenvalue weighted by Gasteiger charge is 2.21. The zero-order chi connectivity index (χ0) is 24.2. The van der Waals surface area contributed by atoms with E-state index in [9.17, 15) is 14.4 Å². The zero-order valence-electron chi connectivity index (χ0n) is 19.1. The van der Waals surface area contributed by atoms with Crippen LogP contribution < -0.4 is 5.56 Å². The zero-order valence-corrected chi connectivity index (χ0v) is 19.9. The van der Waals surface area contributed by atoms with Crippen LogP contribution in [-0.4, -0.2) is 27.6 Å². The van der Waals surface area contributed by atoms with Crippen LogP contribution in [0, 0.1) is 6.92 Å². The number of rotatable bonds is 7. The molecule has 2 aromatic heterocycles. The fourth-order valence-corrected chi connectivity index (χ4v) is 4.56. The predicted molar refractivity (Wildman–Crippen MR) is 130 cm³/mol. The molecule has 2 aromatic carbocycles. The number of fused-ring (bicyclic) bond motifs is 1. The molecule has 7 nitrogen and oxygen atoms in total. The summed E-state index contributed by atoms with van der Waals surface area (Å²) in [6, 6.07) is 16.4. The van der Waals surface area contributed by atoms with E-state index in [1.165, 1.54) is 10.9 Å². The summed E-state index contributed by atoms with van der Waals surface area (Å²) in [4.78, 5) is 43.4. The summed E-state index contributed by atoms with van der Waals surface area (Å²) in [6.07, 6.45) is 1.24. The summed E-state index contributed by atoms with van der Waals surface area (Å²) in [5, 5.41) is 0.398. The highest BCUT2D eigenvalue weighted by Crippen LogP contribution is 2.28. The lowest BCUT2D eigenvalue weighted by atomic mass is 10.1. The molecular weight excluding hydrogens is 452 g/mol. The largest absolute Gasteiger partial charge is 0.459 e. The van der Waals surface area contributed by atoms with Crippen LogP contribution in [0.4, 0.5) is 0 Å². The normalized spacial score (nSPS) is 11.1. The lowest BCUT2D eigenvalue weighted by molar-refractivity contribution is 0.0377. The molecule has 0 aliphatic heterocycles. The summed E-state index contributed by atoms with van der Waals surface area (Å²) in [7, 11) is 0. The van der Waals surface area contributed by atoms with Gasteiger partial charge in [0.05, 0.1) is 29.9 Å². The molecule has 0 atom stereocenters. The Morgan fingerprint density at radius 2 is 1.76 bits per heavy atom. The first kappa shape index (κ1) is 23.4. The van der Waals surface area contributed by atoms with Gasteiger partial charge < -0.3 is 9.47 Å². The van der Waals surface area contributed by atoms with Crippen molar-refractivity contribution in [2.75, 3.05) is 0 Å². The molecule has 4 aromatic rings. The van der Waals surface area contributed by atoms with Gasteiger partial charge in [-0.05, 0) is 49.6 Å². The molecule has 2 heterocycles. The quantitative estimate of drug-likeness (QED) is 0.358. The molecule has 0 fully saturated rings. The predicted octanol–water partition coefficient (Wildman–Crippen LogP) is 4.74. The molecule has 0 aliphatic carbocycles. The van der Waals surface area contributed by atoms with Crippen LogP contribution in [0.15, 0.2) is 65.7 Å². The van der Waals surface area contributed by atoms with Gasteiger partial charge in [-0.1, -0.05) is 42.5 Å². The van der Waals surface area contributed by atoms with E-state index in [0.717, 1.165) is 22.5 Å². The lowest BCUT2D eigenvalue weighted by Gasteiger charge is -2.10. The van der Waals surface area contributed by atoms with Crippen molar-refractivity contribution in [1.29, 1.82) is 0 Å². The van der Waals surface area contributed by atoms with Crippen molar-refractivity contribution in [2.45, 2.75) is 40.0 Å². The van der Waals surface area contributed by atoms with Crippen molar-refractivity contribution < 1.29 is 19.1 Å². The number of carbonyl (C=O) groups is 2. The molecule has 0 radical (unpaired) electrons. The highest BCUT2D eigenvalue weighted by atomic mass is 32.1. The molecule has 174 valence electrons. The Hall–Kier alpha value is -3.78. The maximum Gasteiger partial charge on any atom is 0.349 e. The van der Waals surface area contributed by atoms with Gasteiger partial charge in [-0.15, -0.1) is 11.3 Å². The Kier molecular flexibility index (Phi) is 6.88. The molecule has 0 saturated heterocycles. The minimum atomic E-state index is -0.480. The van der Waals surface area contributed by atoms with Crippen molar-refractivity contribution in [1.82, 2.24) is 9.55 Å². The van der Waals surface area contributed by atoms with Crippen LogP contribution in [0.3, 0.4) is 0 Å². The number of aryl methyl sites for hydroxylation is 1. The lowest BCUT2D eigenvalue weighted by Crippen LogP contribution is -2.21. The molecule has 34 heavy (non-hydrogen) atoms. The number of esters is 2. The van der Waals surface area contributed by atoms with E-state index in [-0.39, 0.29) is 24.8 Å². The molecule has 0 amide bonds. The molecule has 0 aliphatic rings. The summed E-state index contributed by atoms with van der Waals surface area (Å²) >= 11 is 1.15. The van der Waals surface area contributed by atoms with E-state index in [1.807, 2.05) is 36.4 Å². The van der Waals surface area contributed by atoms with E-state index >= 15 is 0 Å². The van der Waals surface area contributed by atoms with Crippen LogP contribution >= 0.6 is 11.3 Å². The van der Waals surface area contributed by atoms with Crippen molar-refractivity contribution in [3.63, 3.8) is 0 Å². The summed E-state index contributed by atoms with van der Waals surface area (Å²) < 4.78 is 12.2. The van der Waals surface area contributed by atoms with Crippen molar-refractivity contribution >= 4 is 33.5 Å². The second-order valence-electron chi connectivity index (χ2n) is 8.13. The summed E-state index contributed by atoms with van der Waals surface area (Å²) in [6.45, 7) is 5.69. The first-order chi connectivity index (χ1) is 16.3. The van der Waals surface area contributed by atoms with Gasteiger partial charge in [0.25, 0.3) is 5.56 Å². The summed E-state index contributed by atoms with van der Waals surface area (Å²) in [5.41, 5.74) is 2.37. The fourth-order valence-electron chi connectivity index (χ4n) is 3.53. The number of hydrogen-bond acceptors (Lipinski definition) is 7. The third-order valence-corrected chi connectivity index (χ3v) is 6.35. The smallest absolute Gasteiger partial charge is 0.349 e. The van der Waals surface area contributed by atoms with Gasteiger partial charge in [-0.2, -0.15) is 0 Å². The number of thiophene rings is 1. The molecule has 0 spiro atoms. The molecule has 0 saturated carbocycles. The standard InChI is InChI=1S/C26H24N2O5S/c1-16(2)33-25(30)20-11-7-10-19(12-20)13-28-15-27-23-21(24(28)29)17(3)22(34-23)26(31)32-14-18-8-5-4-6-9-18/h4-12,15-16H,13-14H2,1-3H3. The van der Waals surface area contributed by atoms with E-state index in [4.69, 9.17) is 9.47 Å². The second kappa shape index (κ2) is 10.0. The number of hydrogen-bond donors (Lipinski definition) is 0. The van der Waals surface area contributed by atoms with Gasteiger partial charge in [0.2, 0.25) is 0 Å². The number of ether oxygens (including phenoxy) is 2. The van der Waals surface area contributed by atoms with Crippen molar-refractivity contribution in [2.24, 2.45) is 0 Å². The van der Waals surface area contributed by atoms with E-state index in [0.29, 0.717) is 26.2 Å². The third-order valence-electron chi connectivity index (χ3n) is 5.17. The molecule has 0 unspecified atom stereocenters. The third kappa shape index (κ3) is 5.07. The monoisotopic (exact) mass is 476 g/mol. The SMILES string of the molecule is Cc1c(C(=O)OCc2ccccc2)sc2ncn(Cc3cccc(C(=O)OC(C)C)c3)c(=O)c12. The first-order valence-corrected chi connectivity index (χ1v) is 11.6. The topological polar surface area (TPSA) is 87.5 Å². The maximum absolute atomic E-state index is 13.2. The Balaban J connectivity index is 1.57. The first-order valence-electron chi connectivity index (χ1n) is 10.8. The minimum Gasteiger partial charge on any atom is -0.459 e. The van der Waals surface area contributed by atoms with E-state index in [1.54, 1.807) is 39.0 Å². The van der Waals surface area contributed by atoms with Crippen LogP contribution in [0.5, 0.6) is 0 Å². The highest BCUT2D eigenvalue weighted by molar-refractivity contribution is 7.20. The second-order valence-corrected chi connectivity index (χ2v) is 9.13. The number of nitrogens with zero attached hydrogens (tertiary/aromatic N) is 2. The molecule has 8 heteroatoms. The van der Waals surface area contributed by atoms with Crippen LogP contribution in [0.25, 0.3) is 10.2 Å². The van der Waals surface area contributed by atoms with Crippen molar-refractivity contribution in [3.8, 4) is 0 Å². The van der Waals surface area contributed by atoms with Gasteiger partial charge in [0.15, 0.2) is 0 Å². The van der Waals surface area contributed by atoms with Gasteiger partial charge >= 0.3 is 11.9 Å². The molecule has 0 N–H and O–H groups in total. The van der Waals surface area contributed by atoms with Crippen LogP contribution in [0.1, 0.15) is 50.6 Å². The Morgan fingerprint density at radius 3 is 2.50 bits per heavy atom. The van der Waals surface area contributed by atoms with Gasteiger partial charge in [-0.3, -0.25) is 9.36 Å². The fraction of sp³-hybridized carbons (Fsp3) is 0.231. The van der Waals surface area contributed by atoms with Gasteiger partial charge in [-0.25, -0.2) is 14.6 Å². The Labute approximate surface area is 200 Å². The van der Waals surface area contributed by atoms with Gasteiger partial charge in [0, 0.05) is 0 Å². The molecule has 0 bridgehead atoms. The molecule has 4 rings (SSSR count). The number of benzene rings is 2. The van der Waals surface area contributed by atoms with Crippen LogP contribution in [-0.2, 0) is 22.6 Å². The Morgan fingerprint density at radius 1 is 1.03 bits per heavy atom. The molecular formula is C26H24N2O5S. The summed E-state index contributed by atoms with van der Waals surface area (Å²) in [5.74, 6) is -0.892. The average Bonchev–Trinajstić information content (AvgIpc) is 3.17. The minimum absolute atomic E-state index is 0.153. The Bertz CT molecular complexity index is 1410. The average molecular weight is 477 g/mol.